The number of rotatable bonds is 0. The quantitative estimate of drug-likeness (QED) is 0.662. The minimum atomic E-state index is 0.416. The van der Waals surface area contributed by atoms with E-state index in [4.69, 9.17) is 0 Å². The predicted molar refractivity (Wildman–Crippen MR) is 55.3 cm³/mol. The van der Waals surface area contributed by atoms with Crippen LogP contribution in [-0.4, -0.2) is 22.9 Å². The monoisotopic (exact) mass is 191 g/mol. The van der Waals surface area contributed by atoms with Gasteiger partial charge in [0.15, 0.2) is 0 Å². The Morgan fingerprint density at radius 3 is 3.21 bits per heavy atom. The molecule has 3 rings (SSSR count). The summed E-state index contributed by atoms with van der Waals surface area (Å²) in [5.41, 5.74) is 3.40. The third-order valence-corrected chi connectivity index (χ3v) is 3.86. The van der Waals surface area contributed by atoms with Crippen LogP contribution >= 0.6 is 0 Å². The predicted octanol–water partition coefficient (Wildman–Crippen LogP) is 0.987. The Kier molecular flexibility index (Phi) is 1.71. The molecular formula is C11H17N3. The van der Waals surface area contributed by atoms with Gasteiger partial charge in [0, 0.05) is 24.7 Å². The molecule has 1 aliphatic carbocycles. The second-order valence-corrected chi connectivity index (χ2v) is 4.70. The molecule has 2 aliphatic rings. The molecule has 0 radical (unpaired) electrons. The molecule has 1 spiro atoms. The molecule has 0 bridgehead atoms. The highest BCUT2D eigenvalue weighted by atomic mass is 15.3. The van der Waals surface area contributed by atoms with E-state index in [2.05, 4.69) is 28.3 Å². The highest BCUT2D eigenvalue weighted by molar-refractivity contribution is 5.34. The summed E-state index contributed by atoms with van der Waals surface area (Å²) in [7, 11) is 2.08. The van der Waals surface area contributed by atoms with Crippen LogP contribution in [-0.2, 0) is 18.9 Å². The molecule has 3 nitrogen and oxygen atoms in total. The fraction of sp³-hybridized carbons (Fsp3) is 0.727. The fourth-order valence-corrected chi connectivity index (χ4v) is 3.23. The minimum absolute atomic E-state index is 0.416. The van der Waals surface area contributed by atoms with Crippen molar-refractivity contribution < 1.29 is 0 Å². The first kappa shape index (κ1) is 8.48. The molecule has 1 aromatic rings. The standard InChI is InChI=1S/C11H17N3/c1-14-10-9(7-13-14)3-5-11(10)4-2-6-12-8-11/h7,12H,2-6,8H2,1H3. The number of fused-ring (bicyclic) bond motifs is 2. The largest absolute Gasteiger partial charge is 0.316 e. The average Bonchev–Trinajstić information content (AvgIpc) is 2.73. The van der Waals surface area contributed by atoms with Gasteiger partial charge in [-0.1, -0.05) is 0 Å². The number of nitrogens with one attached hydrogen (secondary N) is 1. The Labute approximate surface area is 84.5 Å². The summed E-state index contributed by atoms with van der Waals surface area (Å²) < 4.78 is 2.09. The minimum Gasteiger partial charge on any atom is -0.316 e. The lowest BCUT2D eigenvalue weighted by molar-refractivity contribution is 0.295. The Morgan fingerprint density at radius 2 is 2.43 bits per heavy atom. The molecule has 1 saturated heterocycles. The maximum absolute atomic E-state index is 4.38. The number of aromatic nitrogens is 2. The van der Waals surface area contributed by atoms with Gasteiger partial charge in [-0.05, 0) is 37.8 Å². The van der Waals surface area contributed by atoms with Crippen LogP contribution in [0.25, 0.3) is 0 Å². The zero-order valence-electron chi connectivity index (χ0n) is 8.71. The van der Waals surface area contributed by atoms with Gasteiger partial charge in [0.1, 0.15) is 0 Å². The van der Waals surface area contributed by atoms with Crippen molar-refractivity contribution in [1.82, 2.24) is 15.1 Å². The van der Waals surface area contributed by atoms with Gasteiger partial charge < -0.3 is 5.32 Å². The summed E-state index contributed by atoms with van der Waals surface area (Å²) in [5, 5.41) is 7.91. The van der Waals surface area contributed by atoms with Crippen molar-refractivity contribution >= 4 is 0 Å². The molecule has 76 valence electrons. The topological polar surface area (TPSA) is 29.9 Å². The lowest BCUT2D eigenvalue weighted by Crippen LogP contribution is -2.43. The van der Waals surface area contributed by atoms with Crippen molar-refractivity contribution in [3.05, 3.63) is 17.5 Å². The highest BCUT2D eigenvalue weighted by Gasteiger charge is 2.42. The molecule has 0 amide bonds. The van der Waals surface area contributed by atoms with Gasteiger partial charge in [-0.3, -0.25) is 4.68 Å². The first-order valence-corrected chi connectivity index (χ1v) is 5.54. The van der Waals surface area contributed by atoms with Crippen molar-refractivity contribution in [3.8, 4) is 0 Å². The van der Waals surface area contributed by atoms with Crippen LogP contribution in [0.1, 0.15) is 30.5 Å². The number of hydrogen-bond donors (Lipinski definition) is 1. The summed E-state index contributed by atoms with van der Waals surface area (Å²) in [6, 6.07) is 0. The maximum atomic E-state index is 4.38. The van der Waals surface area contributed by atoms with Crippen molar-refractivity contribution in [1.29, 1.82) is 0 Å². The van der Waals surface area contributed by atoms with Gasteiger partial charge in [-0.15, -0.1) is 0 Å². The Balaban J connectivity index is 2.05. The van der Waals surface area contributed by atoms with E-state index in [0.29, 0.717) is 5.41 Å². The zero-order chi connectivity index (χ0) is 9.60. The molecule has 0 aromatic carbocycles. The third kappa shape index (κ3) is 0.989. The number of piperidine rings is 1. The Bertz CT molecular complexity index is 347. The maximum Gasteiger partial charge on any atom is 0.0524 e. The first-order valence-electron chi connectivity index (χ1n) is 5.54. The van der Waals surface area contributed by atoms with Crippen LogP contribution < -0.4 is 5.32 Å². The molecule has 1 aliphatic heterocycles. The molecule has 1 unspecified atom stereocenters. The van der Waals surface area contributed by atoms with Crippen LogP contribution in [0.15, 0.2) is 6.20 Å². The van der Waals surface area contributed by atoms with Gasteiger partial charge >= 0.3 is 0 Å². The van der Waals surface area contributed by atoms with Gasteiger partial charge in [0.2, 0.25) is 0 Å². The third-order valence-electron chi connectivity index (χ3n) is 3.86. The van der Waals surface area contributed by atoms with Crippen LogP contribution in [0.4, 0.5) is 0 Å². The van der Waals surface area contributed by atoms with Gasteiger partial charge in [0.05, 0.1) is 6.20 Å². The molecule has 14 heavy (non-hydrogen) atoms. The van der Waals surface area contributed by atoms with Crippen LogP contribution in [0.5, 0.6) is 0 Å². The van der Waals surface area contributed by atoms with Crippen LogP contribution in [0.2, 0.25) is 0 Å². The Hall–Kier alpha value is -0.830. The summed E-state index contributed by atoms with van der Waals surface area (Å²) in [6.07, 6.45) is 7.25. The second kappa shape index (κ2) is 2.83. The van der Waals surface area contributed by atoms with Crippen LogP contribution in [0, 0.1) is 0 Å². The molecule has 3 heteroatoms. The number of nitrogens with zero attached hydrogens (tertiary/aromatic N) is 2. The van der Waals surface area contributed by atoms with Crippen molar-refractivity contribution in [2.24, 2.45) is 7.05 Å². The smallest absolute Gasteiger partial charge is 0.0524 e. The van der Waals surface area contributed by atoms with Crippen molar-refractivity contribution in [3.63, 3.8) is 0 Å². The molecule has 1 aromatic heterocycles. The Morgan fingerprint density at radius 1 is 1.50 bits per heavy atom. The SMILES string of the molecule is Cn1ncc2c1C1(CCCNC1)CC2. The number of hydrogen-bond acceptors (Lipinski definition) is 2. The lowest BCUT2D eigenvalue weighted by Gasteiger charge is -2.34. The molecular weight excluding hydrogens is 174 g/mol. The zero-order valence-corrected chi connectivity index (χ0v) is 8.71. The van der Waals surface area contributed by atoms with E-state index >= 15 is 0 Å². The van der Waals surface area contributed by atoms with E-state index in [-0.39, 0.29) is 0 Å². The van der Waals surface area contributed by atoms with Crippen molar-refractivity contribution in [2.75, 3.05) is 13.1 Å². The highest BCUT2D eigenvalue weighted by Crippen LogP contribution is 2.42. The molecule has 2 heterocycles. The summed E-state index contributed by atoms with van der Waals surface area (Å²) in [4.78, 5) is 0. The van der Waals surface area contributed by atoms with E-state index in [0.717, 1.165) is 6.54 Å². The molecule has 0 saturated carbocycles. The summed E-state index contributed by atoms with van der Waals surface area (Å²) in [5.74, 6) is 0. The van der Waals surface area contributed by atoms with E-state index in [1.54, 1.807) is 0 Å². The van der Waals surface area contributed by atoms with Gasteiger partial charge in [-0.2, -0.15) is 5.10 Å². The average molecular weight is 191 g/mol. The van der Waals surface area contributed by atoms with Crippen LogP contribution in [0.3, 0.4) is 0 Å². The summed E-state index contributed by atoms with van der Waals surface area (Å²) in [6.45, 7) is 2.34. The van der Waals surface area contributed by atoms with E-state index in [9.17, 15) is 0 Å². The van der Waals surface area contributed by atoms with E-state index in [1.165, 1.54) is 43.5 Å². The molecule has 1 atom stereocenters. The fourth-order valence-electron chi connectivity index (χ4n) is 3.23. The van der Waals surface area contributed by atoms with Crippen molar-refractivity contribution in [2.45, 2.75) is 31.1 Å². The first-order chi connectivity index (χ1) is 6.82. The number of aryl methyl sites for hydroxylation is 2. The molecule has 1 fully saturated rings. The lowest BCUT2D eigenvalue weighted by atomic mass is 9.78. The van der Waals surface area contributed by atoms with E-state index in [1.807, 2.05) is 0 Å². The summed E-state index contributed by atoms with van der Waals surface area (Å²) >= 11 is 0. The second-order valence-electron chi connectivity index (χ2n) is 4.70. The van der Waals surface area contributed by atoms with Gasteiger partial charge in [0.25, 0.3) is 0 Å². The van der Waals surface area contributed by atoms with E-state index < -0.39 is 0 Å². The molecule has 1 N–H and O–H groups in total. The van der Waals surface area contributed by atoms with Gasteiger partial charge in [-0.25, -0.2) is 0 Å². The normalized spacial score (nSPS) is 30.9.